The lowest BCUT2D eigenvalue weighted by Gasteiger charge is -2.23. The van der Waals surface area contributed by atoms with Crippen LogP contribution in [0.25, 0.3) is 0 Å². The van der Waals surface area contributed by atoms with E-state index in [4.69, 9.17) is 0 Å². The van der Waals surface area contributed by atoms with Crippen LogP contribution in [0.3, 0.4) is 0 Å². The maximum atomic E-state index is 12.4. The molecule has 0 unspecified atom stereocenters. The van der Waals surface area contributed by atoms with Crippen molar-refractivity contribution in [2.75, 3.05) is 6.54 Å². The molecule has 0 bridgehead atoms. The van der Waals surface area contributed by atoms with Crippen LogP contribution in [0.15, 0.2) is 24.3 Å². The van der Waals surface area contributed by atoms with Crippen LogP contribution < -0.4 is 10.6 Å². The zero-order valence-electron chi connectivity index (χ0n) is 15.8. The zero-order valence-corrected chi connectivity index (χ0v) is 15.8. The molecule has 1 atom stereocenters. The number of nitrogens with zero attached hydrogens (tertiary/aromatic N) is 1. The van der Waals surface area contributed by atoms with Crippen LogP contribution >= 0.6 is 0 Å². The SMILES string of the molecule is CCCc1ccc([C@@H]([NH2+]CC(=O)NC2(C#N)CCCC2)C(C)C)cc1. The van der Waals surface area contributed by atoms with Crippen molar-refractivity contribution in [3.63, 3.8) is 0 Å². The summed E-state index contributed by atoms with van der Waals surface area (Å²) >= 11 is 0. The number of hydrogen-bond acceptors (Lipinski definition) is 2. The number of aryl methyl sites for hydroxylation is 1. The minimum atomic E-state index is -0.625. The zero-order chi connectivity index (χ0) is 18.3. The number of quaternary nitrogens is 1. The van der Waals surface area contributed by atoms with Gasteiger partial charge in [0, 0.05) is 11.5 Å². The van der Waals surface area contributed by atoms with E-state index >= 15 is 0 Å². The van der Waals surface area contributed by atoms with E-state index in [1.807, 2.05) is 0 Å². The number of benzene rings is 1. The van der Waals surface area contributed by atoms with Gasteiger partial charge in [0.15, 0.2) is 6.54 Å². The molecular formula is C21H32N3O+. The summed E-state index contributed by atoms with van der Waals surface area (Å²) in [6.45, 7) is 6.93. The Labute approximate surface area is 152 Å². The van der Waals surface area contributed by atoms with Gasteiger partial charge in [0.25, 0.3) is 5.91 Å². The Morgan fingerprint density at radius 1 is 1.28 bits per heavy atom. The molecule has 1 aliphatic carbocycles. The van der Waals surface area contributed by atoms with Crippen LogP contribution in [-0.2, 0) is 11.2 Å². The number of carbonyl (C=O) groups is 1. The molecule has 25 heavy (non-hydrogen) atoms. The van der Waals surface area contributed by atoms with Gasteiger partial charge in [0.2, 0.25) is 0 Å². The fraction of sp³-hybridized carbons (Fsp3) is 0.619. The first-order valence-electron chi connectivity index (χ1n) is 9.64. The van der Waals surface area contributed by atoms with Gasteiger partial charge in [0.1, 0.15) is 11.6 Å². The average molecular weight is 343 g/mol. The van der Waals surface area contributed by atoms with Crippen molar-refractivity contribution in [2.24, 2.45) is 5.92 Å². The number of hydrogen-bond donors (Lipinski definition) is 2. The van der Waals surface area contributed by atoms with Crippen LogP contribution in [0.1, 0.15) is 70.0 Å². The maximum absolute atomic E-state index is 12.4. The molecular weight excluding hydrogens is 310 g/mol. The Kier molecular flexibility index (Phi) is 7.01. The summed E-state index contributed by atoms with van der Waals surface area (Å²) in [6, 6.07) is 11.4. The number of nitrogens with one attached hydrogen (secondary N) is 1. The van der Waals surface area contributed by atoms with Crippen LogP contribution in [-0.4, -0.2) is 18.0 Å². The second kappa shape index (κ2) is 9.01. The van der Waals surface area contributed by atoms with Crippen molar-refractivity contribution in [2.45, 2.75) is 70.9 Å². The monoisotopic (exact) mass is 342 g/mol. The van der Waals surface area contributed by atoms with Gasteiger partial charge in [0.05, 0.1) is 6.07 Å². The normalized spacial score (nSPS) is 17.2. The van der Waals surface area contributed by atoms with Crippen molar-refractivity contribution >= 4 is 5.91 Å². The van der Waals surface area contributed by atoms with E-state index in [-0.39, 0.29) is 11.9 Å². The molecule has 1 aliphatic rings. The summed E-state index contributed by atoms with van der Waals surface area (Å²) in [5.74, 6) is 0.401. The van der Waals surface area contributed by atoms with Gasteiger partial charge in [-0.05, 0) is 37.7 Å². The predicted molar refractivity (Wildman–Crippen MR) is 99.8 cm³/mol. The molecule has 0 spiro atoms. The van der Waals surface area contributed by atoms with E-state index in [0.717, 1.165) is 38.5 Å². The minimum Gasteiger partial charge on any atom is -0.333 e. The molecule has 0 radical (unpaired) electrons. The van der Waals surface area contributed by atoms with Crippen LogP contribution in [0, 0.1) is 17.2 Å². The van der Waals surface area contributed by atoms with Crippen molar-refractivity contribution in [3.8, 4) is 6.07 Å². The summed E-state index contributed by atoms with van der Waals surface area (Å²) in [5.41, 5.74) is 2.00. The molecule has 4 nitrogen and oxygen atoms in total. The van der Waals surface area contributed by atoms with E-state index in [1.165, 1.54) is 11.1 Å². The Morgan fingerprint density at radius 3 is 2.44 bits per heavy atom. The van der Waals surface area contributed by atoms with Crippen molar-refractivity contribution in [1.29, 1.82) is 5.26 Å². The molecule has 3 N–H and O–H groups in total. The van der Waals surface area contributed by atoms with Crippen LogP contribution in [0.5, 0.6) is 0 Å². The van der Waals surface area contributed by atoms with E-state index in [2.05, 4.69) is 61.7 Å². The molecule has 1 fully saturated rings. The van der Waals surface area contributed by atoms with Gasteiger partial charge in [-0.25, -0.2) is 0 Å². The highest BCUT2D eigenvalue weighted by Crippen LogP contribution is 2.28. The first kappa shape index (κ1) is 19.5. The number of amides is 1. The number of carbonyl (C=O) groups excluding carboxylic acids is 1. The quantitative estimate of drug-likeness (QED) is 0.763. The van der Waals surface area contributed by atoms with E-state index in [1.54, 1.807) is 0 Å². The van der Waals surface area contributed by atoms with Gasteiger partial charge >= 0.3 is 0 Å². The third-order valence-electron chi connectivity index (χ3n) is 5.23. The fourth-order valence-corrected chi connectivity index (χ4v) is 3.78. The molecule has 136 valence electrons. The highest BCUT2D eigenvalue weighted by molar-refractivity contribution is 5.78. The molecule has 1 saturated carbocycles. The highest BCUT2D eigenvalue weighted by atomic mass is 16.2. The standard InChI is InChI=1S/C21H31N3O/c1-4-7-17-8-10-18(11-9-17)20(16(2)3)23-14-19(25)24-21(15-22)12-5-6-13-21/h8-11,16,20,23H,4-7,12-14H2,1-3H3,(H,24,25)/p+1/t20-/m0/s1. The maximum Gasteiger partial charge on any atom is 0.276 e. The molecule has 0 saturated heterocycles. The van der Waals surface area contributed by atoms with Gasteiger partial charge in [-0.1, -0.05) is 51.5 Å². The minimum absolute atomic E-state index is 0.0308. The topological polar surface area (TPSA) is 69.5 Å². The summed E-state index contributed by atoms with van der Waals surface area (Å²) in [7, 11) is 0. The molecule has 1 aromatic rings. The third-order valence-corrected chi connectivity index (χ3v) is 5.23. The second-order valence-electron chi connectivity index (χ2n) is 7.65. The van der Waals surface area contributed by atoms with E-state index in [9.17, 15) is 10.1 Å². The Balaban J connectivity index is 1.95. The van der Waals surface area contributed by atoms with Gasteiger partial charge in [-0.3, -0.25) is 4.79 Å². The van der Waals surface area contributed by atoms with Crippen molar-refractivity contribution in [1.82, 2.24) is 5.32 Å². The lowest BCUT2D eigenvalue weighted by molar-refractivity contribution is -0.692. The Hall–Kier alpha value is -1.86. The Bertz CT molecular complexity index is 595. The average Bonchev–Trinajstić information content (AvgIpc) is 3.05. The van der Waals surface area contributed by atoms with Crippen LogP contribution in [0.4, 0.5) is 0 Å². The van der Waals surface area contributed by atoms with Crippen LogP contribution in [0.2, 0.25) is 0 Å². The Morgan fingerprint density at radius 2 is 1.92 bits per heavy atom. The van der Waals surface area contributed by atoms with E-state index in [0.29, 0.717) is 12.5 Å². The first-order valence-corrected chi connectivity index (χ1v) is 9.64. The smallest absolute Gasteiger partial charge is 0.276 e. The molecule has 4 heteroatoms. The second-order valence-corrected chi connectivity index (χ2v) is 7.65. The summed E-state index contributed by atoms with van der Waals surface area (Å²) in [5, 5.41) is 14.5. The first-order chi connectivity index (χ1) is 12.0. The molecule has 0 heterocycles. The molecule has 1 amide bonds. The third kappa shape index (κ3) is 5.31. The number of nitrogens with two attached hydrogens (primary N) is 1. The largest absolute Gasteiger partial charge is 0.333 e. The van der Waals surface area contributed by atoms with Crippen molar-refractivity contribution < 1.29 is 10.1 Å². The molecule has 2 rings (SSSR count). The van der Waals surface area contributed by atoms with Gasteiger partial charge < -0.3 is 10.6 Å². The molecule has 0 aromatic heterocycles. The fourth-order valence-electron chi connectivity index (χ4n) is 3.78. The predicted octanol–water partition coefficient (Wildman–Crippen LogP) is 2.85. The van der Waals surface area contributed by atoms with E-state index < -0.39 is 5.54 Å². The van der Waals surface area contributed by atoms with Gasteiger partial charge in [-0.15, -0.1) is 0 Å². The van der Waals surface area contributed by atoms with Crippen molar-refractivity contribution in [3.05, 3.63) is 35.4 Å². The number of rotatable bonds is 8. The number of nitriles is 1. The summed E-state index contributed by atoms with van der Waals surface area (Å²) < 4.78 is 0. The highest BCUT2D eigenvalue weighted by Gasteiger charge is 2.35. The molecule has 0 aliphatic heterocycles. The summed E-state index contributed by atoms with van der Waals surface area (Å²) in [6.07, 6.45) is 5.87. The lowest BCUT2D eigenvalue weighted by Crippen LogP contribution is -2.88. The summed E-state index contributed by atoms with van der Waals surface area (Å²) in [4.78, 5) is 12.4. The lowest BCUT2D eigenvalue weighted by atomic mass is 9.94. The molecule has 1 aromatic carbocycles. The van der Waals surface area contributed by atoms with Gasteiger partial charge in [-0.2, -0.15) is 5.26 Å².